The molecule has 1 saturated heterocycles. The van der Waals surface area contributed by atoms with Gasteiger partial charge in [0.15, 0.2) is 5.70 Å². The summed E-state index contributed by atoms with van der Waals surface area (Å²) < 4.78 is 34.6. The zero-order valence-corrected chi connectivity index (χ0v) is 81.4. The summed E-state index contributed by atoms with van der Waals surface area (Å²) in [5.74, 6) is -20.1. The second kappa shape index (κ2) is 53.6. The first-order valence-electron chi connectivity index (χ1n) is 47.0. The highest BCUT2D eigenvalue weighted by atomic mass is 19.2. The molecule has 0 saturated carbocycles. The molecule has 0 aliphatic carbocycles. The number of aromatic nitrogens is 1. The first-order chi connectivity index (χ1) is 66.5. The maximum absolute atomic E-state index is 16.3. The van der Waals surface area contributed by atoms with Crippen LogP contribution in [0.15, 0.2) is 115 Å². The number of carbonyl (C=O) groups is 18. The fourth-order valence-corrected chi connectivity index (χ4v) is 16.1. The number of benzene rings is 3. The zero-order valence-electron chi connectivity index (χ0n) is 81.4. The van der Waals surface area contributed by atoms with E-state index in [-0.39, 0.29) is 82.2 Å². The molecular weight excluding hydrogens is 1840 g/mol. The van der Waals surface area contributed by atoms with Gasteiger partial charge in [-0.15, -0.1) is 0 Å². The molecule has 1 fully saturated rings. The number of aliphatic carboxylic acids is 1. The number of rotatable bonds is 53. The molecule has 770 valence electrons. The average Bonchev–Trinajstić information content (AvgIpc) is 1.57. The Balaban J connectivity index is 0.971. The highest BCUT2D eigenvalue weighted by Gasteiger charge is 2.53. The van der Waals surface area contributed by atoms with Crippen LogP contribution < -0.4 is 85.1 Å². The predicted octanol–water partition coefficient (Wildman–Crippen LogP) is -3.37. The van der Waals surface area contributed by atoms with Gasteiger partial charge in [-0.3, -0.25) is 86.3 Å². The Morgan fingerprint density at radius 3 is 1.16 bits per heavy atom. The smallest absolute Gasteiger partial charge is 0.480 e. The van der Waals surface area contributed by atoms with Crippen molar-refractivity contribution in [2.45, 2.75) is 270 Å². The fraction of sp³-hybridized carbons (Fsp3) is 0.526. The number of nitrogens with zero attached hydrogens (tertiary/aromatic N) is 3. The van der Waals surface area contributed by atoms with Crippen LogP contribution >= 0.6 is 0 Å². The van der Waals surface area contributed by atoms with E-state index in [1.807, 2.05) is 0 Å². The van der Waals surface area contributed by atoms with Crippen LogP contribution in [0.25, 0.3) is 6.08 Å². The molecule has 0 spiro atoms. The van der Waals surface area contributed by atoms with Crippen molar-refractivity contribution in [3.05, 3.63) is 149 Å². The number of fused-ring (bicyclic) bond motifs is 2. The number of aryl methyl sites for hydroxylation is 2. The van der Waals surface area contributed by atoms with E-state index in [1.165, 1.54) is 17.9 Å². The first kappa shape index (κ1) is 114. The van der Waals surface area contributed by atoms with E-state index in [0.717, 1.165) is 43.6 Å². The van der Waals surface area contributed by atoms with Crippen LogP contribution in [0.4, 0.5) is 8.63 Å². The second-order valence-electron chi connectivity index (χ2n) is 36.0. The number of carboxylic acid groups (broad SMARTS) is 1. The van der Waals surface area contributed by atoms with Gasteiger partial charge in [0.1, 0.15) is 84.3 Å². The number of carboxylic acids is 1. The molecule has 3 aliphatic heterocycles. The number of likely N-dealkylation sites (tertiary alicyclic amines) is 1. The van der Waals surface area contributed by atoms with Crippen LogP contribution in [-0.2, 0) is 106 Å². The minimum Gasteiger partial charge on any atom is -0.480 e. The van der Waals surface area contributed by atoms with Crippen LogP contribution in [0.5, 0.6) is 0 Å². The predicted molar refractivity (Wildman–Crippen MR) is 509 cm³/mol. The van der Waals surface area contributed by atoms with Crippen molar-refractivity contribution < 1.29 is 130 Å². The van der Waals surface area contributed by atoms with Gasteiger partial charge in [-0.25, -0.2) is 0 Å². The van der Waals surface area contributed by atoms with E-state index < -0.39 is 266 Å². The summed E-state index contributed by atoms with van der Waals surface area (Å²) in [6, 6.07) is 6.83. The van der Waals surface area contributed by atoms with Crippen molar-refractivity contribution in [3.63, 3.8) is 0 Å². The molecule has 1 aromatic heterocycles. The molecule has 4 heterocycles. The van der Waals surface area contributed by atoms with Gasteiger partial charge in [0.05, 0.1) is 56.7 Å². The first-order valence-corrected chi connectivity index (χ1v) is 47.0. The molecule has 141 heavy (non-hydrogen) atoms. The summed E-state index contributed by atoms with van der Waals surface area (Å²) in [6.07, 6.45) is -3.49. The Labute approximate surface area is 815 Å². The standard InChI is InChI=1S/C95H134BF2N19O24/c1-15-49(4)75(111-92(137)81(58(13)121)112-84(129)65(41-60-28-21-18-22-29-60)104-70(123)38-37-63-35-36-64-44-69-52(7)40-53(8)116(69)96(97,98)117(63)64)89(134)106-67(43-62-32-25-20-26-33-62)94(139)115-39-27-34-68(115)85(130)99-46-72(125)105-66(42-61-30-23-19-24-31-61)83(128)109-76(50(5)16-2)90(135)110-77(51(6)17-3)91(136)114-82(59(14)122)93(138)113-80(57(12)120)88(133)102-48-74(127)108-79(56(11)119)87(132)101-47-73(126)107-78(55(10)118)86(131)100-45-71(124)103-54(9)95(140)141/h18-26,28-33,35-36,40,44,49-51,54-59,65-68,75-82,118-122H,15-17,27,34,37-39,41-43,45-48H2,1-14H3,(H,99,130)(H,100,131)(H,101,132)(H,102,133)(H,103,124)(H,104,123)(H,105,125)(H,106,134)(H,107,126)(H,108,127)(H,109,128)(H,110,135)(H,111,137)(H,112,129)(H,113,138)(H,114,136)(H,140,141)/t49-,50-,51-,54-,55+,56+,57+,58+,59+,65?,66-,67?,68-,75-,76?,77-,78?,79?,80-,81-,82-/m0/s1. The Morgan fingerprint density at radius 2 is 0.752 bits per heavy atom. The lowest BCUT2D eigenvalue weighted by Gasteiger charge is -2.32. The van der Waals surface area contributed by atoms with E-state index in [4.69, 9.17) is 5.11 Å². The van der Waals surface area contributed by atoms with E-state index in [2.05, 4.69) is 85.1 Å². The third-order valence-corrected chi connectivity index (χ3v) is 24.8. The van der Waals surface area contributed by atoms with Gasteiger partial charge >= 0.3 is 12.9 Å². The lowest BCUT2D eigenvalue weighted by atomic mass is 9.90. The van der Waals surface area contributed by atoms with Crippen molar-refractivity contribution in [1.29, 1.82) is 0 Å². The number of aliphatic hydroxyl groups is 5. The van der Waals surface area contributed by atoms with Crippen molar-refractivity contribution in [2.75, 3.05) is 32.7 Å². The Morgan fingerprint density at radius 1 is 0.411 bits per heavy atom. The van der Waals surface area contributed by atoms with E-state index in [9.17, 15) is 107 Å². The summed E-state index contributed by atoms with van der Waals surface area (Å²) in [7, 11) is 0. The van der Waals surface area contributed by atoms with E-state index >= 15 is 13.4 Å². The molecule has 0 bridgehead atoms. The number of carbonyl (C=O) groups excluding carboxylic acids is 17. The summed E-state index contributed by atoms with van der Waals surface area (Å²) >= 11 is 0. The summed E-state index contributed by atoms with van der Waals surface area (Å²) in [4.78, 5) is 250. The summed E-state index contributed by atoms with van der Waals surface area (Å²) in [6.45, 7) is 12.3. The summed E-state index contributed by atoms with van der Waals surface area (Å²) in [5, 5.41) is 101. The Hall–Kier alpha value is -13.7. The SMILES string of the molecule is CC[C@H](C)C(NC(=O)[C@H](Cc1ccccc1)NC(=O)CNC(=O)[C@@H]1CCCN1C(=O)C(Cc1ccccc1)NC(=O)[C@@H](NC(=O)[C@@H](NC(=O)C(Cc1ccccc1)NC(=O)CCC1=[N+]2C(=Cc3c(C)cc(C)n3[B-]2(F)F)C=C1)[C@@H](C)O)[C@@H](C)CC)C(=O)N[C@H](C(=O)N[C@H](C(=O)N[C@H](C(=O)NCC(=O)NC(C(=O)NCC(=O)NC(C(=O)NCC(=O)N[C@@H](C)C(=O)O)[C@@H](C)O)[C@@H](C)O)[C@@H](C)O)[C@@H](C)O)[C@@H](C)CC. The Kier molecular flexibility index (Phi) is 43.4. The van der Waals surface area contributed by atoms with Crippen molar-refractivity contribution in [1.82, 2.24) is 94.4 Å². The lowest BCUT2D eigenvalue weighted by Crippen LogP contribution is -2.63. The molecule has 22 N–H and O–H groups in total. The average molecular weight is 1980 g/mol. The topological polar surface area (TPSA) is 632 Å². The maximum Gasteiger partial charge on any atom is 0.737 e. The van der Waals surface area contributed by atoms with Crippen LogP contribution in [-0.4, -0.2) is 305 Å². The number of hydrogen-bond acceptors (Lipinski definition) is 23. The van der Waals surface area contributed by atoms with Gasteiger partial charge in [-0.1, -0.05) is 152 Å². The molecule has 46 heteroatoms. The van der Waals surface area contributed by atoms with Crippen LogP contribution in [0.1, 0.15) is 162 Å². The largest absolute Gasteiger partial charge is 0.737 e. The molecule has 3 aliphatic rings. The molecule has 0 radical (unpaired) electrons. The molecule has 7 rings (SSSR count). The molecule has 17 amide bonds. The normalized spacial score (nSPS) is 17.7. The number of amides is 17. The molecule has 21 atom stereocenters. The van der Waals surface area contributed by atoms with Crippen LogP contribution in [0.3, 0.4) is 0 Å². The highest BCUT2D eigenvalue weighted by molar-refractivity contribution is 6.58. The molecule has 4 aromatic rings. The van der Waals surface area contributed by atoms with Crippen molar-refractivity contribution in [3.8, 4) is 0 Å². The minimum absolute atomic E-state index is 0.00440. The fourth-order valence-electron chi connectivity index (χ4n) is 16.1. The summed E-state index contributed by atoms with van der Waals surface area (Å²) in [5.41, 5.74) is 3.54. The van der Waals surface area contributed by atoms with Crippen molar-refractivity contribution >= 4 is 125 Å². The number of hydrogen-bond donors (Lipinski definition) is 22. The van der Waals surface area contributed by atoms with Gasteiger partial charge in [0.2, 0.25) is 100 Å². The maximum atomic E-state index is 16.3. The van der Waals surface area contributed by atoms with E-state index in [1.54, 1.807) is 165 Å². The highest BCUT2D eigenvalue weighted by Crippen LogP contribution is 2.35. The number of halogens is 2. The van der Waals surface area contributed by atoms with Gasteiger partial charge in [0, 0.05) is 62.6 Å². The van der Waals surface area contributed by atoms with E-state index in [0.29, 0.717) is 33.6 Å². The third-order valence-electron chi connectivity index (χ3n) is 24.8. The number of aliphatic hydroxyl groups excluding tert-OH is 5. The van der Waals surface area contributed by atoms with Gasteiger partial charge in [-0.05, 0) is 120 Å². The molecule has 5 unspecified atom stereocenters. The monoisotopic (exact) mass is 1970 g/mol. The van der Waals surface area contributed by atoms with Crippen molar-refractivity contribution in [2.24, 2.45) is 17.8 Å². The molecule has 3 aromatic carbocycles. The number of allylic oxidation sites excluding steroid dienone is 2. The third kappa shape index (κ3) is 32.7. The van der Waals surface area contributed by atoms with Crippen LogP contribution in [0.2, 0.25) is 0 Å². The minimum atomic E-state index is -4.35. The van der Waals surface area contributed by atoms with Gasteiger partial charge in [0.25, 0.3) is 0 Å². The molecular formula is C95H134BF2N19O24. The lowest BCUT2D eigenvalue weighted by molar-refractivity contribution is -0.362. The number of nitrogens with one attached hydrogen (secondary N) is 16. The second-order valence-corrected chi connectivity index (χ2v) is 36.0. The van der Waals surface area contributed by atoms with Gasteiger partial charge in [-0.2, -0.15) is 0 Å². The van der Waals surface area contributed by atoms with Crippen LogP contribution in [0, 0.1) is 31.6 Å². The quantitative estimate of drug-likeness (QED) is 0.0192. The zero-order chi connectivity index (χ0) is 105. The Bertz CT molecular complexity index is 5240. The molecule has 43 nitrogen and oxygen atoms in total. The van der Waals surface area contributed by atoms with Gasteiger partial charge < -0.3 is 138 Å².